The van der Waals surface area contributed by atoms with E-state index in [0.29, 0.717) is 28.2 Å². The minimum Gasteiger partial charge on any atom is -0.399 e. The van der Waals surface area contributed by atoms with Crippen LogP contribution in [-0.2, 0) is 0 Å². The number of benzene rings is 5. The van der Waals surface area contributed by atoms with Gasteiger partial charge in [-0.2, -0.15) is 0 Å². The van der Waals surface area contributed by atoms with Gasteiger partial charge in [0.25, 0.3) is 11.8 Å². The molecule has 0 saturated heterocycles. The van der Waals surface area contributed by atoms with Crippen LogP contribution in [0.25, 0.3) is 22.3 Å². The van der Waals surface area contributed by atoms with Crippen molar-refractivity contribution < 1.29 is 9.59 Å². The third-order valence-electron chi connectivity index (χ3n) is 6.12. The number of nitrogens with one attached hydrogen (secondary N) is 2. The molecule has 7 heteroatoms. The number of anilines is 3. The molecule has 0 unspecified atom stereocenters. The number of hydrogen-bond acceptors (Lipinski definition) is 3. The van der Waals surface area contributed by atoms with Crippen LogP contribution in [0.2, 0.25) is 0 Å². The van der Waals surface area contributed by atoms with E-state index in [2.05, 4.69) is 42.5 Å². The molecule has 0 atom stereocenters. The summed E-state index contributed by atoms with van der Waals surface area (Å²) in [6, 6.07) is 35.8. The average Bonchev–Trinajstić information content (AvgIpc) is 2.94. The largest absolute Gasteiger partial charge is 0.399 e. The zero-order valence-corrected chi connectivity index (χ0v) is 23.8. The predicted octanol–water partition coefficient (Wildman–Crippen LogP) is 8.63. The van der Waals surface area contributed by atoms with Gasteiger partial charge in [-0.15, -0.1) is 0 Å². The zero-order valence-electron chi connectivity index (χ0n) is 20.6. The maximum atomic E-state index is 13.0. The Morgan fingerprint density at radius 1 is 0.487 bits per heavy atom. The van der Waals surface area contributed by atoms with E-state index in [0.717, 1.165) is 31.2 Å². The molecule has 0 spiro atoms. The molecule has 0 aliphatic carbocycles. The Labute approximate surface area is 243 Å². The molecule has 192 valence electrons. The van der Waals surface area contributed by atoms with Gasteiger partial charge in [0.2, 0.25) is 0 Å². The van der Waals surface area contributed by atoms with Gasteiger partial charge in [-0.1, -0.05) is 80.4 Å². The van der Waals surface area contributed by atoms with Crippen LogP contribution in [0.15, 0.2) is 124 Å². The lowest BCUT2D eigenvalue weighted by molar-refractivity contribution is 0.102. The van der Waals surface area contributed by atoms with E-state index in [4.69, 9.17) is 5.73 Å². The Morgan fingerprint density at radius 2 is 0.795 bits per heavy atom. The highest BCUT2D eigenvalue weighted by Crippen LogP contribution is 2.25. The molecule has 0 aliphatic rings. The topological polar surface area (TPSA) is 84.2 Å². The van der Waals surface area contributed by atoms with E-state index < -0.39 is 0 Å². The van der Waals surface area contributed by atoms with E-state index in [-0.39, 0.29) is 11.8 Å². The fourth-order valence-electron chi connectivity index (χ4n) is 4.10. The highest BCUT2D eigenvalue weighted by Gasteiger charge is 2.14. The van der Waals surface area contributed by atoms with Gasteiger partial charge in [-0.25, -0.2) is 0 Å². The molecule has 0 saturated carbocycles. The molecule has 0 aromatic heterocycles. The lowest BCUT2D eigenvalue weighted by Crippen LogP contribution is -2.16. The summed E-state index contributed by atoms with van der Waals surface area (Å²) in [5, 5.41) is 5.76. The van der Waals surface area contributed by atoms with Gasteiger partial charge >= 0.3 is 0 Å². The molecule has 2 amide bonds. The average molecular weight is 641 g/mol. The first-order chi connectivity index (χ1) is 18.8. The summed E-state index contributed by atoms with van der Waals surface area (Å²) in [5.41, 5.74) is 12.5. The van der Waals surface area contributed by atoms with Crippen LogP contribution in [0.3, 0.4) is 0 Å². The van der Waals surface area contributed by atoms with E-state index in [1.165, 1.54) is 6.07 Å². The molecule has 0 aliphatic heterocycles. The van der Waals surface area contributed by atoms with Crippen LogP contribution >= 0.6 is 31.9 Å². The molecule has 5 aromatic carbocycles. The van der Waals surface area contributed by atoms with Crippen molar-refractivity contribution in [3.05, 3.63) is 135 Å². The second-order valence-corrected chi connectivity index (χ2v) is 10.8. The number of carbonyl (C=O) groups is 2. The van der Waals surface area contributed by atoms with Crippen molar-refractivity contribution in [2.75, 3.05) is 16.4 Å². The Balaban J connectivity index is 1.26. The summed E-state index contributed by atoms with van der Waals surface area (Å²) < 4.78 is 2.03. The van der Waals surface area contributed by atoms with Gasteiger partial charge in [0.05, 0.1) is 0 Å². The molecule has 5 aromatic rings. The molecular weight excluding hydrogens is 618 g/mol. The van der Waals surface area contributed by atoms with E-state index in [1.807, 2.05) is 97.1 Å². The zero-order chi connectivity index (χ0) is 27.4. The summed E-state index contributed by atoms with van der Waals surface area (Å²) in [4.78, 5) is 26.0. The third-order valence-corrected chi connectivity index (χ3v) is 7.18. The lowest BCUT2D eigenvalue weighted by Gasteiger charge is -2.11. The second-order valence-electron chi connectivity index (χ2n) is 8.92. The Kier molecular flexibility index (Phi) is 7.91. The minimum absolute atomic E-state index is 0.294. The van der Waals surface area contributed by atoms with E-state index in [9.17, 15) is 9.59 Å². The van der Waals surface area contributed by atoms with Gasteiger partial charge in [0.1, 0.15) is 0 Å². The summed E-state index contributed by atoms with van der Waals surface area (Å²) in [7, 11) is 0. The van der Waals surface area contributed by atoms with Crippen molar-refractivity contribution in [3.63, 3.8) is 0 Å². The molecule has 39 heavy (non-hydrogen) atoms. The number of nitrogen functional groups attached to an aromatic ring is 1. The molecule has 4 N–H and O–H groups in total. The number of rotatable bonds is 6. The molecule has 0 heterocycles. The van der Waals surface area contributed by atoms with Crippen LogP contribution in [0.5, 0.6) is 0 Å². The Morgan fingerprint density at radius 3 is 1.13 bits per heavy atom. The predicted molar refractivity (Wildman–Crippen MR) is 166 cm³/mol. The first-order valence-electron chi connectivity index (χ1n) is 12.1. The third kappa shape index (κ3) is 6.63. The van der Waals surface area contributed by atoms with Crippen molar-refractivity contribution >= 4 is 60.7 Å². The molecule has 0 fully saturated rings. The van der Waals surface area contributed by atoms with Crippen molar-refractivity contribution in [1.82, 2.24) is 0 Å². The summed E-state index contributed by atoms with van der Waals surface area (Å²) in [6.07, 6.45) is 0. The monoisotopic (exact) mass is 639 g/mol. The minimum atomic E-state index is -0.355. The molecule has 0 bridgehead atoms. The fraction of sp³-hybridized carbons (Fsp3) is 0. The fourth-order valence-corrected chi connectivity index (χ4v) is 4.63. The van der Waals surface area contributed by atoms with Crippen molar-refractivity contribution in [1.29, 1.82) is 0 Å². The van der Waals surface area contributed by atoms with Crippen molar-refractivity contribution in [3.8, 4) is 22.3 Å². The maximum absolute atomic E-state index is 13.0. The molecule has 0 radical (unpaired) electrons. The highest BCUT2D eigenvalue weighted by atomic mass is 79.9. The van der Waals surface area contributed by atoms with Crippen LogP contribution in [-0.4, -0.2) is 11.8 Å². The SMILES string of the molecule is Nc1cc(C(=O)Nc2ccc(-c3ccc(Br)cc3)cc2)cc(C(=O)Nc2ccc(-c3ccc(Br)cc3)cc2)c1. The number of carbonyl (C=O) groups excluding carboxylic acids is 2. The number of halogens is 2. The summed E-state index contributed by atoms with van der Waals surface area (Å²) in [6.45, 7) is 0. The highest BCUT2D eigenvalue weighted by molar-refractivity contribution is 9.10. The van der Waals surface area contributed by atoms with Gasteiger partial charge in [-0.3, -0.25) is 9.59 Å². The van der Waals surface area contributed by atoms with E-state index in [1.54, 1.807) is 12.1 Å². The van der Waals surface area contributed by atoms with E-state index >= 15 is 0 Å². The van der Waals surface area contributed by atoms with Gasteiger partial charge < -0.3 is 16.4 Å². The number of amides is 2. The summed E-state index contributed by atoms with van der Waals surface area (Å²) in [5.74, 6) is -0.710. The second kappa shape index (κ2) is 11.7. The van der Waals surface area contributed by atoms with Crippen LogP contribution in [0.1, 0.15) is 20.7 Å². The van der Waals surface area contributed by atoms with Crippen LogP contribution < -0.4 is 16.4 Å². The first-order valence-corrected chi connectivity index (χ1v) is 13.7. The standard InChI is InChI=1S/C32H23Br2N3O2/c33-26-9-1-20(2-10-26)22-5-13-29(14-6-22)36-31(38)24-17-25(19-28(35)18-24)32(39)37-30-15-7-23(8-16-30)21-3-11-27(34)12-4-21/h1-19H,35H2,(H,36,38)(H,37,39). The quantitative estimate of drug-likeness (QED) is 0.162. The Hall–Kier alpha value is -4.20. The number of hydrogen-bond donors (Lipinski definition) is 3. The lowest BCUT2D eigenvalue weighted by atomic mass is 10.0. The van der Waals surface area contributed by atoms with Crippen molar-refractivity contribution in [2.45, 2.75) is 0 Å². The van der Waals surface area contributed by atoms with Crippen LogP contribution in [0.4, 0.5) is 17.1 Å². The number of nitrogens with two attached hydrogens (primary N) is 1. The molecule has 5 rings (SSSR count). The Bertz CT molecular complexity index is 1510. The van der Waals surface area contributed by atoms with Crippen LogP contribution in [0, 0.1) is 0 Å². The van der Waals surface area contributed by atoms with Gasteiger partial charge in [-0.05, 0) is 89.0 Å². The summed E-state index contributed by atoms with van der Waals surface area (Å²) >= 11 is 6.89. The maximum Gasteiger partial charge on any atom is 0.255 e. The molecular formula is C32H23Br2N3O2. The first kappa shape index (κ1) is 26.4. The van der Waals surface area contributed by atoms with Gasteiger partial charge in [0, 0.05) is 37.1 Å². The normalized spacial score (nSPS) is 10.6. The van der Waals surface area contributed by atoms with Crippen molar-refractivity contribution in [2.24, 2.45) is 0 Å². The van der Waals surface area contributed by atoms with Gasteiger partial charge in [0.15, 0.2) is 0 Å². The molecule has 5 nitrogen and oxygen atoms in total. The smallest absolute Gasteiger partial charge is 0.255 e.